The zero-order valence-electron chi connectivity index (χ0n) is 60.9. The zero-order chi connectivity index (χ0) is 72.2. The molecule has 3 fully saturated rings. The van der Waals surface area contributed by atoms with Crippen LogP contribution in [0.5, 0.6) is 0 Å². The van der Waals surface area contributed by atoms with Crippen molar-refractivity contribution in [1.29, 1.82) is 0 Å². The summed E-state index contributed by atoms with van der Waals surface area (Å²) in [4.78, 5) is 78.2. The van der Waals surface area contributed by atoms with Crippen LogP contribution in [0.15, 0.2) is 47.0 Å². The van der Waals surface area contributed by atoms with Crippen LogP contribution in [-0.4, -0.2) is 207 Å². The average Bonchev–Trinajstić information content (AvgIpc) is 1.63. The molecular formula is C64H111B2N5O21S2. The molecule has 7 rings (SSSR count). The van der Waals surface area contributed by atoms with E-state index in [0.717, 1.165) is 49.1 Å². The molecule has 0 bridgehead atoms. The lowest BCUT2D eigenvalue weighted by atomic mass is 9.75. The first-order valence-corrected chi connectivity index (χ1v) is 35.7. The van der Waals surface area contributed by atoms with E-state index in [-0.39, 0.29) is 71.1 Å². The standard InChI is InChI=1S/2C16H28BNO4.2C11H19NO5S.C10H17NO3/c2*1-14(2,3)20-13(19)18-10-8-9-12(11-18)17-21-15(4,5)16(6,7)22-17;2*1-11(2,3)16-10(13)12-7-5-6-9(8-12)17-18(4,14)15;1-10(2,3)14-9(13)11-6-4-5-8(12)7-11/h11H,8-10H2,1-7H3;9H,8,10-11H2,1-7H3;8H,5-7H2,1-4H3;6H,5,7-8H2,1-4H3;4-7H2,1-3H3. The third kappa shape index (κ3) is 29.8. The van der Waals surface area contributed by atoms with E-state index in [1.54, 1.807) is 57.4 Å². The second kappa shape index (κ2) is 32.2. The molecule has 0 radical (unpaired) electrons. The molecule has 0 aromatic carbocycles. The van der Waals surface area contributed by atoms with E-state index in [1.807, 2.05) is 124 Å². The van der Waals surface area contributed by atoms with Crippen LogP contribution in [0.4, 0.5) is 24.0 Å². The van der Waals surface area contributed by atoms with Gasteiger partial charge in [-0.2, -0.15) is 16.8 Å². The Labute approximate surface area is 561 Å². The molecule has 536 valence electrons. The molecule has 3 saturated heterocycles. The Morgan fingerprint density at radius 3 is 1.14 bits per heavy atom. The van der Waals surface area contributed by atoms with Crippen molar-refractivity contribution in [3.8, 4) is 0 Å². The lowest BCUT2D eigenvalue weighted by Crippen LogP contribution is -2.43. The van der Waals surface area contributed by atoms with Gasteiger partial charge in [0.15, 0.2) is 5.78 Å². The van der Waals surface area contributed by atoms with Gasteiger partial charge in [-0.15, -0.1) is 0 Å². The van der Waals surface area contributed by atoms with E-state index in [2.05, 4.69) is 6.08 Å². The Kier molecular flexibility index (Phi) is 28.3. The number of piperidine rings is 1. The highest BCUT2D eigenvalue weighted by atomic mass is 32.2. The Balaban J connectivity index is 0.000000309. The molecule has 26 nitrogen and oxygen atoms in total. The minimum absolute atomic E-state index is 0.113. The summed E-state index contributed by atoms with van der Waals surface area (Å²) in [6.07, 6.45) is 12.5. The van der Waals surface area contributed by atoms with Crippen molar-refractivity contribution in [2.24, 2.45) is 0 Å². The first-order chi connectivity index (χ1) is 42.3. The Morgan fingerprint density at radius 2 is 0.745 bits per heavy atom. The third-order valence-corrected chi connectivity index (χ3v) is 15.7. The van der Waals surface area contributed by atoms with Crippen molar-refractivity contribution < 1.29 is 96.3 Å². The van der Waals surface area contributed by atoms with Gasteiger partial charge in [0.1, 0.15) is 39.5 Å². The van der Waals surface area contributed by atoms with E-state index in [9.17, 15) is 45.6 Å². The van der Waals surface area contributed by atoms with Gasteiger partial charge in [0.2, 0.25) is 0 Å². The van der Waals surface area contributed by atoms with Gasteiger partial charge in [-0.25, -0.2) is 24.0 Å². The molecule has 5 amide bonds. The molecule has 7 heterocycles. The number of allylic oxidation sites excluding steroid dienone is 2. The van der Waals surface area contributed by atoms with Crippen LogP contribution in [0.2, 0.25) is 0 Å². The normalized spacial score (nSPS) is 20.6. The predicted molar refractivity (Wildman–Crippen MR) is 358 cm³/mol. The second-order valence-electron chi connectivity index (χ2n) is 31.0. The molecule has 0 aromatic rings. The van der Waals surface area contributed by atoms with Gasteiger partial charge in [0.05, 0.1) is 48.0 Å². The van der Waals surface area contributed by atoms with Gasteiger partial charge in [-0.05, 0) is 215 Å². The van der Waals surface area contributed by atoms with Gasteiger partial charge in [0, 0.05) is 64.5 Å². The highest BCUT2D eigenvalue weighted by Crippen LogP contribution is 2.41. The molecule has 0 saturated carbocycles. The van der Waals surface area contributed by atoms with Crippen LogP contribution in [0.1, 0.15) is 211 Å². The van der Waals surface area contributed by atoms with E-state index < -0.39 is 74.7 Å². The molecule has 7 aliphatic heterocycles. The molecule has 0 aromatic heterocycles. The van der Waals surface area contributed by atoms with Crippen LogP contribution in [0.3, 0.4) is 0 Å². The molecule has 7 aliphatic rings. The van der Waals surface area contributed by atoms with E-state index >= 15 is 0 Å². The lowest BCUT2D eigenvalue weighted by Gasteiger charge is -2.32. The van der Waals surface area contributed by atoms with Crippen molar-refractivity contribution in [2.75, 3.05) is 64.9 Å². The van der Waals surface area contributed by atoms with Crippen molar-refractivity contribution in [3.05, 3.63) is 47.0 Å². The molecular weight excluding hydrogens is 1260 g/mol. The summed E-state index contributed by atoms with van der Waals surface area (Å²) in [5, 5.41) is 0. The highest BCUT2D eigenvalue weighted by Gasteiger charge is 2.54. The number of ketones is 1. The number of hydrogen-bond donors (Lipinski definition) is 0. The quantitative estimate of drug-likeness (QED) is 0.136. The number of nitrogens with zero attached hydrogens (tertiary/aromatic N) is 5. The molecule has 0 unspecified atom stereocenters. The predicted octanol–water partition coefficient (Wildman–Crippen LogP) is 11.6. The maximum absolute atomic E-state index is 12.2. The second-order valence-corrected chi connectivity index (χ2v) is 34.1. The summed E-state index contributed by atoms with van der Waals surface area (Å²) < 4.78 is 104. The van der Waals surface area contributed by atoms with Crippen LogP contribution in [0.25, 0.3) is 0 Å². The fourth-order valence-electron chi connectivity index (χ4n) is 9.06. The summed E-state index contributed by atoms with van der Waals surface area (Å²) in [6, 6.07) is 0. The molecule has 0 N–H and O–H groups in total. The summed E-state index contributed by atoms with van der Waals surface area (Å²) in [6.45, 7) is 47.3. The number of rotatable bonds is 6. The molecule has 30 heteroatoms. The van der Waals surface area contributed by atoms with Crippen molar-refractivity contribution in [1.82, 2.24) is 24.5 Å². The summed E-state index contributed by atoms with van der Waals surface area (Å²) in [5.41, 5.74) is -2.10. The SMILES string of the molecule is CC(C)(C)OC(=O)N1C=C(B2OC(C)(C)C(C)(C)O2)CCC1.CC(C)(C)OC(=O)N1C=C(OS(C)(=O)=O)CCC1.CC(C)(C)OC(=O)N1CCC=C(B2OC(C)(C)C(C)(C)O2)C1.CC(C)(C)OC(=O)N1CCC=C(OS(C)(=O)=O)C1.CC(C)(C)OC(=O)N1CCCC(=O)C1. The van der Waals surface area contributed by atoms with Crippen LogP contribution in [-0.2, 0) is 75.7 Å². The monoisotopic (exact) mass is 1370 g/mol. The molecule has 0 atom stereocenters. The van der Waals surface area contributed by atoms with Gasteiger partial charge in [-0.3, -0.25) is 14.6 Å². The van der Waals surface area contributed by atoms with Crippen molar-refractivity contribution in [2.45, 2.75) is 261 Å². The largest absolute Gasteiger partial charge is 0.492 e. The number of carbonyl (C=O) groups is 6. The Hall–Kier alpha value is -5.55. The van der Waals surface area contributed by atoms with Crippen molar-refractivity contribution >= 4 is 70.7 Å². The van der Waals surface area contributed by atoms with Gasteiger partial charge in [0.25, 0.3) is 0 Å². The van der Waals surface area contributed by atoms with Gasteiger partial charge < -0.3 is 65.4 Å². The number of hydrogen-bond acceptors (Lipinski definition) is 21. The molecule has 0 aliphatic carbocycles. The number of carbonyl (C=O) groups excluding carboxylic acids is 6. The Morgan fingerprint density at radius 1 is 0.415 bits per heavy atom. The first kappa shape index (κ1) is 82.7. The van der Waals surface area contributed by atoms with E-state index in [0.29, 0.717) is 65.0 Å². The number of Topliss-reactive ketones (excluding diaryl/α,β-unsaturated/α-hetero) is 1. The number of ether oxygens (including phenoxy) is 5. The fraction of sp³-hybridized carbons (Fsp3) is 0.781. The maximum Gasteiger partial charge on any atom is 0.492 e. The Bertz CT molecular complexity index is 2990. The average molecular weight is 1370 g/mol. The van der Waals surface area contributed by atoms with Gasteiger partial charge in [-0.1, -0.05) is 6.08 Å². The highest BCUT2D eigenvalue weighted by molar-refractivity contribution is 7.86. The van der Waals surface area contributed by atoms with Crippen LogP contribution < -0.4 is 0 Å². The zero-order valence-corrected chi connectivity index (χ0v) is 62.5. The minimum Gasteiger partial charge on any atom is -0.444 e. The number of likely N-dealkylation sites (tertiary alicyclic amines) is 1. The molecule has 0 spiro atoms. The van der Waals surface area contributed by atoms with Gasteiger partial charge >= 0.3 is 64.9 Å². The molecule has 94 heavy (non-hydrogen) atoms. The topological polar surface area (TPSA) is 288 Å². The minimum atomic E-state index is -3.56. The smallest absolute Gasteiger partial charge is 0.444 e. The lowest BCUT2D eigenvalue weighted by molar-refractivity contribution is -0.122. The van der Waals surface area contributed by atoms with Crippen LogP contribution in [0, 0.1) is 0 Å². The van der Waals surface area contributed by atoms with E-state index in [4.69, 9.17) is 50.7 Å². The third-order valence-electron chi connectivity index (χ3n) is 14.7. The van der Waals surface area contributed by atoms with E-state index in [1.165, 1.54) is 20.9 Å². The fourth-order valence-corrected chi connectivity index (χ4v) is 10.1. The summed E-state index contributed by atoms with van der Waals surface area (Å²) in [7, 11) is -7.90. The maximum atomic E-state index is 12.2. The van der Waals surface area contributed by atoms with Crippen molar-refractivity contribution in [3.63, 3.8) is 0 Å². The summed E-state index contributed by atoms with van der Waals surface area (Å²) >= 11 is 0. The number of amides is 5. The van der Waals surface area contributed by atoms with Crippen LogP contribution >= 0.6 is 0 Å². The first-order valence-electron chi connectivity index (χ1n) is 32.1. The summed E-state index contributed by atoms with van der Waals surface area (Å²) in [5.74, 6) is 0.631.